The Kier molecular flexibility index (Phi) is 4.37. The quantitative estimate of drug-likeness (QED) is 0.709. The lowest BCUT2D eigenvalue weighted by molar-refractivity contribution is 0.0698. The molecule has 0 atom stereocenters. The molecule has 0 bridgehead atoms. The smallest absolute Gasteiger partial charge is 0.337 e. The molecule has 0 saturated carbocycles. The molecule has 0 aliphatic heterocycles. The third-order valence-electron chi connectivity index (χ3n) is 3.60. The summed E-state index contributed by atoms with van der Waals surface area (Å²) in [4.78, 5) is 23.6. The topological polar surface area (TPSA) is 66.4 Å². The van der Waals surface area contributed by atoms with E-state index < -0.39 is 23.5 Å². The van der Waals surface area contributed by atoms with E-state index in [1.165, 1.54) is 30.3 Å². The van der Waals surface area contributed by atoms with Gasteiger partial charge in [-0.25, -0.2) is 13.6 Å². The fraction of sp³-hybridized carbons (Fsp3) is 0. The largest absolute Gasteiger partial charge is 0.478 e. The van der Waals surface area contributed by atoms with Gasteiger partial charge in [0.25, 0.3) is 5.91 Å². The first-order valence-corrected chi connectivity index (χ1v) is 7.46. The number of carbonyl (C=O) groups is 2. The lowest BCUT2D eigenvalue weighted by Crippen LogP contribution is -2.15. The van der Waals surface area contributed by atoms with Gasteiger partial charge in [-0.2, -0.15) is 0 Å². The highest BCUT2D eigenvalue weighted by Crippen LogP contribution is 2.25. The van der Waals surface area contributed by atoms with Gasteiger partial charge in [0.1, 0.15) is 11.6 Å². The second-order valence-electron chi connectivity index (χ2n) is 5.28. The number of aromatic carboxylic acids is 1. The van der Waals surface area contributed by atoms with Crippen molar-refractivity contribution in [3.05, 3.63) is 76.3 Å². The number of carbonyl (C=O) groups excluding carboxylic acids is 1. The molecule has 4 nitrogen and oxygen atoms in total. The minimum absolute atomic E-state index is 0.210. The van der Waals surface area contributed by atoms with Crippen LogP contribution in [-0.2, 0) is 0 Å². The number of rotatable bonds is 3. The summed E-state index contributed by atoms with van der Waals surface area (Å²) in [6, 6.07) is 10.4. The van der Waals surface area contributed by atoms with E-state index >= 15 is 0 Å². The summed E-state index contributed by atoms with van der Waals surface area (Å²) in [7, 11) is 0. The first-order valence-electron chi connectivity index (χ1n) is 7.08. The number of fused-ring (bicyclic) bond motifs is 1. The monoisotopic (exact) mass is 361 g/mol. The van der Waals surface area contributed by atoms with Crippen LogP contribution < -0.4 is 5.32 Å². The van der Waals surface area contributed by atoms with Gasteiger partial charge in [-0.3, -0.25) is 4.79 Å². The zero-order chi connectivity index (χ0) is 18.1. The van der Waals surface area contributed by atoms with E-state index in [0.717, 1.165) is 12.1 Å². The second-order valence-corrected chi connectivity index (χ2v) is 5.68. The highest BCUT2D eigenvalue weighted by molar-refractivity contribution is 6.31. The SMILES string of the molecule is O=C(Nc1cc(F)c(Cl)cc1C(=O)O)c1ccc2cc(F)ccc2c1. The molecule has 2 N–H and O–H groups in total. The van der Waals surface area contributed by atoms with Gasteiger partial charge in [-0.15, -0.1) is 0 Å². The van der Waals surface area contributed by atoms with Gasteiger partial charge in [0.2, 0.25) is 0 Å². The fourth-order valence-corrected chi connectivity index (χ4v) is 2.54. The predicted molar refractivity (Wildman–Crippen MR) is 90.2 cm³/mol. The molecule has 0 spiro atoms. The van der Waals surface area contributed by atoms with E-state index in [-0.39, 0.29) is 21.8 Å². The lowest BCUT2D eigenvalue weighted by atomic mass is 10.1. The molecular weight excluding hydrogens is 352 g/mol. The maximum atomic E-state index is 13.6. The Morgan fingerprint density at radius 1 is 0.960 bits per heavy atom. The van der Waals surface area contributed by atoms with Crippen molar-refractivity contribution in [3.8, 4) is 0 Å². The number of anilines is 1. The van der Waals surface area contributed by atoms with Gasteiger partial charge in [-0.1, -0.05) is 23.7 Å². The number of benzene rings is 3. The summed E-state index contributed by atoms with van der Waals surface area (Å²) >= 11 is 5.58. The maximum absolute atomic E-state index is 13.6. The van der Waals surface area contributed by atoms with Gasteiger partial charge >= 0.3 is 5.97 Å². The van der Waals surface area contributed by atoms with Crippen LogP contribution in [0, 0.1) is 11.6 Å². The molecule has 0 aliphatic carbocycles. The Bertz CT molecular complexity index is 1020. The van der Waals surface area contributed by atoms with Crippen molar-refractivity contribution >= 4 is 39.9 Å². The summed E-state index contributed by atoms with van der Waals surface area (Å²) in [5.74, 6) is -3.23. The Labute approximate surface area is 145 Å². The van der Waals surface area contributed by atoms with E-state index in [1.807, 2.05) is 0 Å². The Morgan fingerprint density at radius 2 is 1.64 bits per heavy atom. The molecule has 0 saturated heterocycles. The number of hydrogen-bond acceptors (Lipinski definition) is 2. The molecule has 0 heterocycles. The molecule has 0 aliphatic rings. The molecule has 3 rings (SSSR count). The zero-order valence-corrected chi connectivity index (χ0v) is 13.3. The van der Waals surface area contributed by atoms with Crippen molar-refractivity contribution in [1.29, 1.82) is 0 Å². The Morgan fingerprint density at radius 3 is 2.36 bits per heavy atom. The summed E-state index contributed by atoms with van der Waals surface area (Å²) < 4.78 is 26.8. The van der Waals surface area contributed by atoms with Crippen LogP contribution in [0.25, 0.3) is 10.8 Å². The van der Waals surface area contributed by atoms with Crippen molar-refractivity contribution in [2.75, 3.05) is 5.32 Å². The van der Waals surface area contributed by atoms with Crippen LogP contribution in [0.2, 0.25) is 5.02 Å². The molecular formula is C18H10ClF2NO3. The molecule has 3 aromatic carbocycles. The number of carboxylic acid groups (broad SMARTS) is 1. The van der Waals surface area contributed by atoms with Crippen LogP contribution in [0.4, 0.5) is 14.5 Å². The van der Waals surface area contributed by atoms with Crippen molar-refractivity contribution in [3.63, 3.8) is 0 Å². The Hall–Kier alpha value is -2.99. The minimum Gasteiger partial charge on any atom is -0.478 e. The normalized spacial score (nSPS) is 10.7. The first-order chi connectivity index (χ1) is 11.8. The van der Waals surface area contributed by atoms with Crippen LogP contribution in [0.15, 0.2) is 48.5 Å². The average molecular weight is 362 g/mol. The predicted octanol–water partition coefficient (Wildman–Crippen LogP) is 4.72. The van der Waals surface area contributed by atoms with E-state index in [4.69, 9.17) is 16.7 Å². The van der Waals surface area contributed by atoms with Gasteiger partial charge in [0.15, 0.2) is 0 Å². The van der Waals surface area contributed by atoms with Crippen LogP contribution in [0.5, 0.6) is 0 Å². The molecule has 7 heteroatoms. The first kappa shape index (κ1) is 16.9. The lowest BCUT2D eigenvalue weighted by Gasteiger charge is -2.10. The number of carboxylic acids is 1. The molecule has 3 aromatic rings. The fourth-order valence-electron chi connectivity index (χ4n) is 2.38. The van der Waals surface area contributed by atoms with Crippen molar-refractivity contribution in [1.82, 2.24) is 0 Å². The molecule has 1 amide bonds. The van der Waals surface area contributed by atoms with E-state index in [2.05, 4.69) is 5.32 Å². The summed E-state index contributed by atoms with van der Waals surface area (Å²) in [6.07, 6.45) is 0. The molecule has 25 heavy (non-hydrogen) atoms. The molecule has 0 radical (unpaired) electrons. The van der Waals surface area contributed by atoms with Gasteiger partial charge < -0.3 is 10.4 Å². The number of nitrogens with one attached hydrogen (secondary N) is 1. The van der Waals surface area contributed by atoms with Gasteiger partial charge in [0, 0.05) is 5.56 Å². The standard InChI is InChI=1S/C18H10ClF2NO3/c19-14-7-13(18(24)25)16(8-15(14)21)22-17(23)11-2-1-10-6-12(20)4-3-9(10)5-11/h1-8H,(H,22,23)(H,24,25). The zero-order valence-electron chi connectivity index (χ0n) is 12.5. The summed E-state index contributed by atoms with van der Waals surface area (Å²) in [5.41, 5.74) is -0.327. The average Bonchev–Trinajstić information content (AvgIpc) is 2.57. The van der Waals surface area contributed by atoms with E-state index in [1.54, 1.807) is 6.07 Å². The number of halogens is 3. The van der Waals surface area contributed by atoms with Crippen LogP contribution in [-0.4, -0.2) is 17.0 Å². The third kappa shape index (κ3) is 3.44. The van der Waals surface area contributed by atoms with Gasteiger partial charge in [0.05, 0.1) is 16.3 Å². The minimum atomic E-state index is -1.36. The highest BCUT2D eigenvalue weighted by atomic mass is 35.5. The second kappa shape index (κ2) is 6.49. The number of amides is 1. The highest BCUT2D eigenvalue weighted by Gasteiger charge is 2.17. The van der Waals surface area contributed by atoms with Crippen LogP contribution in [0.1, 0.15) is 20.7 Å². The molecule has 0 unspecified atom stereocenters. The van der Waals surface area contributed by atoms with Gasteiger partial charge in [-0.05, 0) is 47.2 Å². The molecule has 126 valence electrons. The Balaban J connectivity index is 1.96. The molecule has 0 aromatic heterocycles. The van der Waals surface area contributed by atoms with E-state index in [9.17, 15) is 18.4 Å². The summed E-state index contributed by atoms with van der Waals surface area (Å²) in [6.45, 7) is 0. The van der Waals surface area contributed by atoms with Crippen molar-refractivity contribution in [2.24, 2.45) is 0 Å². The summed E-state index contributed by atoms with van der Waals surface area (Å²) in [5, 5.41) is 12.4. The number of hydrogen-bond donors (Lipinski definition) is 2. The van der Waals surface area contributed by atoms with Crippen molar-refractivity contribution < 1.29 is 23.5 Å². The van der Waals surface area contributed by atoms with Crippen LogP contribution >= 0.6 is 11.6 Å². The maximum Gasteiger partial charge on any atom is 0.337 e. The van der Waals surface area contributed by atoms with E-state index in [0.29, 0.717) is 10.8 Å². The third-order valence-corrected chi connectivity index (χ3v) is 3.89. The van der Waals surface area contributed by atoms with Crippen molar-refractivity contribution in [2.45, 2.75) is 0 Å². The van der Waals surface area contributed by atoms with Crippen LogP contribution in [0.3, 0.4) is 0 Å². The molecule has 0 fully saturated rings.